The number of methoxy groups -OCH3 is 1. The van der Waals surface area contributed by atoms with Crippen LogP contribution in [0.5, 0.6) is 5.75 Å². The fourth-order valence-electron chi connectivity index (χ4n) is 3.25. The van der Waals surface area contributed by atoms with Crippen LogP contribution in [-0.4, -0.2) is 40.3 Å². The lowest BCUT2D eigenvalue weighted by atomic mass is 9.98. The Morgan fingerprint density at radius 3 is 2.68 bits per heavy atom. The van der Waals surface area contributed by atoms with Gasteiger partial charge in [-0.3, -0.25) is 14.6 Å². The number of amides is 1. The van der Waals surface area contributed by atoms with E-state index in [1.807, 2.05) is 6.92 Å². The largest absolute Gasteiger partial charge is 0.507 e. The first-order valence-corrected chi connectivity index (χ1v) is 9.40. The highest BCUT2D eigenvalue weighted by Gasteiger charge is 2.46. The molecule has 1 unspecified atom stereocenters. The van der Waals surface area contributed by atoms with E-state index in [0.29, 0.717) is 28.6 Å². The van der Waals surface area contributed by atoms with E-state index in [1.165, 1.54) is 18.1 Å². The molecule has 1 saturated heterocycles. The lowest BCUT2D eigenvalue weighted by Crippen LogP contribution is -2.31. The Morgan fingerprint density at radius 1 is 1.29 bits per heavy atom. The van der Waals surface area contributed by atoms with Gasteiger partial charge in [-0.2, -0.15) is 0 Å². The molecule has 1 aromatic carbocycles. The Morgan fingerprint density at radius 2 is 2.07 bits per heavy atom. The molecule has 1 aliphatic heterocycles. The third kappa shape index (κ3) is 3.60. The molecular weight excluding hydrogens is 380 g/mol. The second-order valence-electron chi connectivity index (χ2n) is 6.45. The number of likely N-dealkylation sites (tertiary alicyclic amines) is 1. The smallest absolute Gasteiger partial charge is 0.295 e. The standard InChI is InChI=1S/C21H21ClN2O4/c1-3-4-11-24-18(15-7-5-6-10-23-15)17(20(26)21(24)27)19(25)13-8-9-16(28-2)14(22)12-13/h5-10,12,18,25H,3-4,11H2,1-2H3/b19-17-. The fourth-order valence-corrected chi connectivity index (χ4v) is 3.51. The van der Waals surface area contributed by atoms with Crippen LogP contribution in [0, 0.1) is 0 Å². The van der Waals surface area contributed by atoms with Crippen molar-refractivity contribution in [3.63, 3.8) is 0 Å². The molecule has 0 saturated carbocycles. The summed E-state index contributed by atoms with van der Waals surface area (Å²) in [6, 6.07) is 9.23. The number of aliphatic hydroxyl groups excluding tert-OH is 1. The van der Waals surface area contributed by atoms with Crippen molar-refractivity contribution < 1.29 is 19.4 Å². The van der Waals surface area contributed by atoms with Crippen LogP contribution in [-0.2, 0) is 9.59 Å². The summed E-state index contributed by atoms with van der Waals surface area (Å²) in [7, 11) is 1.49. The van der Waals surface area contributed by atoms with Crippen molar-refractivity contribution in [2.24, 2.45) is 0 Å². The van der Waals surface area contributed by atoms with Gasteiger partial charge < -0.3 is 14.7 Å². The van der Waals surface area contributed by atoms with Crippen molar-refractivity contribution in [1.29, 1.82) is 0 Å². The Balaban J connectivity index is 2.15. The van der Waals surface area contributed by atoms with Crippen LogP contribution >= 0.6 is 11.6 Å². The number of pyridine rings is 1. The highest BCUT2D eigenvalue weighted by molar-refractivity contribution is 6.46. The minimum absolute atomic E-state index is 0.0148. The molecule has 1 fully saturated rings. The molecular formula is C21H21ClN2O4. The van der Waals surface area contributed by atoms with Gasteiger partial charge in [0.25, 0.3) is 11.7 Å². The van der Waals surface area contributed by atoms with Crippen LogP contribution < -0.4 is 4.74 Å². The maximum atomic E-state index is 12.8. The summed E-state index contributed by atoms with van der Waals surface area (Å²) in [5, 5.41) is 11.2. The molecule has 0 bridgehead atoms. The molecule has 28 heavy (non-hydrogen) atoms. The monoisotopic (exact) mass is 400 g/mol. The third-order valence-corrected chi connectivity index (χ3v) is 4.98. The van der Waals surface area contributed by atoms with Gasteiger partial charge in [0.05, 0.1) is 23.4 Å². The average Bonchev–Trinajstić information content (AvgIpc) is 2.97. The number of hydrogen-bond acceptors (Lipinski definition) is 5. The Hall–Kier alpha value is -2.86. The maximum Gasteiger partial charge on any atom is 0.295 e. The van der Waals surface area contributed by atoms with Crippen molar-refractivity contribution in [3.8, 4) is 5.75 Å². The first-order chi connectivity index (χ1) is 13.5. The molecule has 0 radical (unpaired) electrons. The van der Waals surface area contributed by atoms with E-state index in [4.69, 9.17) is 16.3 Å². The number of ketones is 1. The van der Waals surface area contributed by atoms with Gasteiger partial charge in [-0.15, -0.1) is 0 Å². The van der Waals surface area contributed by atoms with Crippen molar-refractivity contribution in [1.82, 2.24) is 9.88 Å². The number of unbranched alkanes of at least 4 members (excludes halogenated alkanes) is 1. The van der Waals surface area contributed by atoms with Crippen LogP contribution in [0.25, 0.3) is 5.76 Å². The lowest BCUT2D eigenvalue weighted by Gasteiger charge is -2.24. The van der Waals surface area contributed by atoms with E-state index < -0.39 is 17.7 Å². The van der Waals surface area contributed by atoms with Crippen LogP contribution in [0.4, 0.5) is 0 Å². The average molecular weight is 401 g/mol. The number of aromatic nitrogens is 1. The van der Waals surface area contributed by atoms with Gasteiger partial charge in [0.15, 0.2) is 0 Å². The van der Waals surface area contributed by atoms with E-state index in [2.05, 4.69) is 4.98 Å². The number of aliphatic hydroxyl groups is 1. The van der Waals surface area contributed by atoms with Gasteiger partial charge in [0.2, 0.25) is 0 Å². The second kappa shape index (κ2) is 8.44. The number of carbonyl (C=O) groups is 2. The summed E-state index contributed by atoms with van der Waals surface area (Å²) in [5.74, 6) is -1.19. The van der Waals surface area contributed by atoms with Gasteiger partial charge >= 0.3 is 0 Å². The van der Waals surface area contributed by atoms with Crippen LogP contribution in [0.2, 0.25) is 5.02 Å². The van der Waals surface area contributed by atoms with Gasteiger partial charge in [-0.1, -0.05) is 31.0 Å². The summed E-state index contributed by atoms with van der Waals surface area (Å²) in [6.07, 6.45) is 3.20. The van der Waals surface area contributed by atoms with Crippen molar-refractivity contribution in [3.05, 3.63) is 64.4 Å². The zero-order valence-corrected chi connectivity index (χ0v) is 16.4. The Kier molecular flexibility index (Phi) is 5.99. The topological polar surface area (TPSA) is 79.7 Å². The number of nitrogens with zero attached hydrogens (tertiary/aromatic N) is 2. The minimum atomic E-state index is -0.742. The number of benzene rings is 1. The highest BCUT2D eigenvalue weighted by atomic mass is 35.5. The number of rotatable bonds is 6. The molecule has 2 aromatic rings. The predicted molar refractivity (Wildman–Crippen MR) is 106 cm³/mol. The number of carbonyl (C=O) groups excluding carboxylic acids is 2. The number of Topliss-reactive ketones (excluding diaryl/α,β-unsaturated/α-hetero) is 1. The summed E-state index contributed by atoms with van der Waals surface area (Å²) in [6.45, 7) is 2.41. The third-order valence-electron chi connectivity index (χ3n) is 4.69. The first-order valence-electron chi connectivity index (χ1n) is 9.02. The fraction of sp³-hybridized carbons (Fsp3) is 0.286. The Bertz CT molecular complexity index is 927. The quantitative estimate of drug-likeness (QED) is 0.451. The molecule has 3 rings (SSSR count). The predicted octanol–water partition coefficient (Wildman–Crippen LogP) is 3.97. The van der Waals surface area contributed by atoms with Gasteiger partial charge in [0.1, 0.15) is 17.6 Å². The van der Waals surface area contributed by atoms with Crippen LogP contribution in [0.1, 0.15) is 37.1 Å². The first kappa shape index (κ1) is 19.9. The highest BCUT2D eigenvalue weighted by Crippen LogP contribution is 2.39. The lowest BCUT2D eigenvalue weighted by molar-refractivity contribution is -0.140. The molecule has 1 amide bonds. The normalized spacial score (nSPS) is 18.5. The number of halogens is 1. The van der Waals surface area contributed by atoms with E-state index in [9.17, 15) is 14.7 Å². The SMILES string of the molecule is CCCCN1C(=O)C(=O)/C(=C(\O)c2ccc(OC)c(Cl)c2)C1c1ccccn1. The summed E-state index contributed by atoms with van der Waals surface area (Å²) in [4.78, 5) is 31.3. The zero-order valence-electron chi connectivity index (χ0n) is 15.7. The van der Waals surface area contributed by atoms with Gasteiger partial charge in [-0.25, -0.2) is 0 Å². The van der Waals surface area contributed by atoms with E-state index in [0.717, 1.165) is 12.8 Å². The molecule has 1 N–H and O–H groups in total. The molecule has 1 aliphatic rings. The van der Waals surface area contributed by atoms with Gasteiger partial charge in [0, 0.05) is 18.3 Å². The van der Waals surface area contributed by atoms with Crippen molar-refractivity contribution in [2.75, 3.05) is 13.7 Å². The van der Waals surface area contributed by atoms with Crippen LogP contribution in [0.15, 0.2) is 48.2 Å². The van der Waals surface area contributed by atoms with E-state index >= 15 is 0 Å². The maximum absolute atomic E-state index is 12.8. The summed E-state index contributed by atoms with van der Waals surface area (Å²) in [5.41, 5.74) is 0.875. The van der Waals surface area contributed by atoms with Crippen molar-refractivity contribution >= 4 is 29.1 Å². The molecule has 6 nitrogen and oxygen atoms in total. The number of ether oxygens (including phenoxy) is 1. The second-order valence-corrected chi connectivity index (χ2v) is 6.86. The van der Waals surface area contributed by atoms with E-state index in [-0.39, 0.29) is 11.3 Å². The molecule has 0 aliphatic carbocycles. The summed E-state index contributed by atoms with van der Waals surface area (Å²) >= 11 is 6.16. The molecule has 1 atom stereocenters. The number of hydrogen-bond donors (Lipinski definition) is 1. The molecule has 7 heteroatoms. The van der Waals surface area contributed by atoms with Crippen LogP contribution in [0.3, 0.4) is 0 Å². The van der Waals surface area contributed by atoms with Gasteiger partial charge in [-0.05, 0) is 36.8 Å². The zero-order chi connectivity index (χ0) is 20.3. The van der Waals surface area contributed by atoms with Crippen molar-refractivity contribution in [2.45, 2.75) is 25.8 Å². The molecule has 2 heterocycles. The van der Waals surface area contributed by atoms with E-state index in [1.54, 1.807) is 36.5 Å². The molecule has 146 valence electrons. The summed E-state index contributed by atoms with van der Waals surface area (Å²) < 4.78 is 5.13. The Labute approximate surface area is 168 Å². The molecule has 0 spiro atoms. The molecule has 1 aromatic heterocycles. The minimum Gasteiger partial charge on any atom is -0.507 e.